The van der Waals surface area contributed by atoms with Crippen molar-refractivity contribution >= 4 is 5.97 Å². The van der Waals surface area contributed by atoms with E-state index in [1.165, 1.54) is 0 Å². The van der Waals surface area contributed by atoms with Crippen LogP contribution in [0.2, 0.25) is 0 Å². The summed E-state index contributed by atoms with van der Waals surface area (Å²) in [5.74, 6) is 0.693. The second kappa shape index (κ2) is 9.19. The topological polar surface area (TPSA) is 55.8 Å². The third-order valence-electron chi connectivity index (χ3n) is 3.99. The van der Waals surface area contributed by atoms with Crippen molar-refractivity contribution in [1.82, 2.24) is 0 Å². The lowest BCUT2D eigenvalue weighted by atomic mass is 10.00. The van der Waals surface area contributed by atoms with Crippen LogP contribution in [0.15, 0.2) is 66.8 Å². The van der Waals surface area contributed by atoms with Gasteiger partial charge in [0.25, 0.3) is 0 Å². The fraction of sp³-hybridized carbons (Fsp3) is 0.261. The molecular weight excluding hydrogens is 340 g/mol. The van der Waals surface area contributed by atoms with Gasteiger partial charge in [0, 0.05) is 5.57 Å². The van der Waals surface area contributed by atoms with Crippen LogP contribution in [0.25, 0.3) is 11.1 Å². The number of hydrogen-bond acceptors (Lipinski definition) is 4. The highest BCUT2D eigenvalue weighted by molar-refractivity contribution is 5.88. The summed E-state index contributed by atoms with van der Waals surface area (Å²) < 4.78 is 10.8. The van der Waals surface area contributed by atoms with Gasteiger partial charge in [-0.05, 0) is 66.8 Å². The molecule has 0 aliphatic rings. The van der Waals surface area contributed by atoms with E-state index in [1.807, 2.05) is 24.3 Å². The van der Waals surface area contributed by atoms with E-state index >= 15 is 0 Å². The Kier molecular flexibility index (Phi) is 6.97. The van der Waals surface area contributed by atoms with Crippen LogP contribution in [0.1, 0.15) is 32.8 Å². The Labute approximate surface area is 160 Å². The Morgan fingerprint density at radius 3 is 2.26 bits per heavy atom. The molecule has 0 saturated carbocycles. The smallest absolute Gasteiger partial charge is 0.338 e. The van der Waals surface area contributed by atoms with Gasteiger partial charge in [0.15, 0.2) is 0 Å². The van der Waals surface area contributed by atoms with Gasteiger partial charge in [-0.3, -0.25) is 0 Å². The Balaban J connectivity index is 2.25. The van der Waals surface area contributed by atoms with E-state index in [0.29, 0.717) is 22.6 Å². The summed E-state index contributed by atoms with van der Waals surface area (Å²) in [6.45, 7) is 12.7. The average molecular weight is 366 g/mol. The molecule has 0 saturated heterocycles. The molecule has 1 unspecified atom stereocenters. The maximum absolute atomic E-state index is 11.6. The molecule has 0 amide bonds. The minimum absolute atomic E-state index is 0.357. The Morgan fingerprint density at radius 1 is 1.07 bits per heavy atom. The molecule has 4 heteroatoms. The summed E-state index contributed by atoms with van der Waals surface area (Å²) in [5, 5.41) is 9.93. The molecule has 0 heterocycles. The van der Waals surface area contributed by atoms with Gasteiger partial charge in [0.05, 0.1) is 0 Å². The molecule has 0 aromatic heterocycles. The summed E-state index contributed by atoms with van der Waals surface area (Å²) in [6, 6.07) is 13.2. The molecule has 2 aromatic carbocycles. The number of rotatable bonds is 8. The SMILES string of the molecule is C=C(C)C(=O)Oc1ccc(-c2ccc(OC(O)C(=C)C)c(CCC)c2)cc1. The first-order chi connectivity index (χ1) is 12.8. The molecule has 1 N–H and O–H groups in total. The number of ether oxygens (including phenoxy) is 2. The van der Waals surface area contributed by atoms with E-state index in [4.69, 9.17) is 9.47 Å². The zero-order chi connectivity index (χ0) is 20.0. The summed E-state index contributed by atoms with van der Waals surface area (Å²) in [5.41, 5.74) is 3.95. The highest BCUT2D eigenvalue weighted by atomic mass is 16.6. The average Bonchev–Trinajstić information content (AvgIpc) is 2.63. The van der Waals surface area contributed by atoms with Gasteiger partial charge in [-0.1, -0.05) is 44.7 Å². The van der Waals surface area contributed by atoms with E-state index in [-0.39, 0.29) is 0 Å². The molecule has 4 nitrogen and oxygen atoms in total. The molecular formula is C23H26O4. The van der Waals surface area contributed by atoms with E-state index in [2.05, 4.69) is 26.1 Å². The van der Waals surface area contributed by atoms with Gasteiger partial charge in [0.1, 0.15) is 11.5 Å². The van der Waals surface area contributed by atoms with Crippen LogP contribution in [0.5, 0.6) is 11.5 Å². The molecule has 1 atom stereocenters. The lowest BCUT2D eigenvalue weighted by Gasteiger charge is -2.17. The van der Waals surface area contributed by atoms with Crippen molar-refractivity contribution in [2.24, 2.45) is 0 Å². The van der Waals surface area contributed by atoms with Crippen LogP contribution < -0.4 is 9.47 Å². The third-order valence-corrected chi connectivity index (χ3v) is 3.99. The molecule has 27 heavy (non-hydrogen) atoms. The quantitative estimate of drug-likeness (QED) is 0.233. The Hall–Kier alpha value is -2.85. The van der Waals surface area contributed by atoms with Crippen LogP contribution >= 0.6 is 0 Å². The Morgan fingerprint density at radius 2 is 1.70 bits per heavy atom. The standard InChI is InChI=1S/C23H26O4/c1-6-7-19-14-18(10-13-21(19)27-23(25)16(4)5)17-8-11-20(12-9-17)26-22(24)15(2)3/h8-14,23,25H,2,4,6-7H2,1,3,5H3. The monoisotopic (exact) mass is 366 g/mol. The van der Waals surface area contributed by atoms with Crippen LogP contribution in [0.3, 0.4) is 0 Å². The predicted octanol–water partition coefficient (Wildman–Crippen LogP) is 5.06. The molecule has 0 aliphatic heterocycles. The maximum Gasteiger partial charge on any atom is 0.338 e. The Bertz CT molecular complexity index is 834. The molecule has 2 rings (SSSR count). The first-order valence-corrected chi connectivity index (χ1v) is 8.93. The molecule has 0 radical (unpaired) electrons. The number of hydrogen-bond donors (Lipinski definition) is 1. The predicted molar refractivity (Wildman–Crippen MR) is 108 cm³/mol. The van der Waals surface area contributed by atoms with Crippen molar-refractivity contribution in [3.63, 3.8) is 0 Å². The summed E-state index contributed by atoms with van der Waals surface area (Å²) in [7, 11) is 0. The van der Waals surface area contributed by atoms with Gasteiger partial charge in [-0.2, -0.15) is 0 Å². The van der Waals surface area contributed by atoms with Crippen molar-refractivity contribution in [3.8, 4) is 22.6 Å². The zero-order valence-corrected chi connectivity index (χ0v) is 16.1. The number of carbonyl (C=O) groups excluding carboxylic acids is 1. The number of aliphatic hydroxyl groups excluding tert-OH is 1. The summed E-state index contributed by atoms with van der Waals surface area (Å²) in [4.78, 5) is 11.6. The second-order valence-corrected chi connectivity index (χ2v) is 6.58. The summed E-state index contributed by atoms with van der Waals surface area (Å²) >= 11 is 0. The van der Waals surface area contributed by atoms with Crippen molar-refractivity contribution in [2.75, 3.05) is 0 Å². The normalized spacial score (nSPS) is 11.6. The maximum atomic E-state index is 11.6. The van der Waals surface area contributed by atoms with Crippen LogP contribution in [-0.2, 0) is 11.2 Å². The fourth-order valence-corrected chi connectivity index (χ4v) is 2.47. The minimum atomic E-state index is -1.02. The van der Waals surface area contributed by atoms with Crippen LogP contribution in [0.4, 0.5) is 0 Å². The first-order valence-electron chi connectivity index (χ1n) is 8.93. The lowest BCUT2D eigenvalue weighted by Crippen LogP contribution is -2.17. The van der Waals surface area contributed by atoms with Gasteiger partial charge in [0.2, 0.25) is 6.29 Å². The molecule has 0 spiro atoms. The molecule has 142 valence electrons. The van der Waals surface area contributed by atoms with E-state index in [9.17, 15) is 9.90 Å². The molecule has 0 aliphatic carbocycles. The van der Waals surface area contributed by atoms with E-state index in [1.54, 1.807) is 26.0 Å². The van der Waals surface area contributed by atoms with Gasteiger partial charge in [-0.25, -0.2) is 4.79 Å². The van der Waals surface area contributed by atoms with Crippen molar-refractivity contribution in [2.45, 2.75) is 39.9 Å². The minimum Gasteiger partial charge on any atom is -0.461 e. The van der Waals surface area contributed by atoms with Crippen LogP contribution in [0, 0.1) is 0 Å². The van der Waals surface area contributed by atoms with Crippen molar-refractivity contribution in [1.29, 1.82) is 0 Å². The van der Waals surface area contributed by atoms with Crippen LogP contribution in [-0.4, -0.2) is 17.4 Å². The second-order valence-electron chi connectivity index (χ2n) is 6.58. The van der Waals surface area contributed by atoms with Crippen molar-refractivity contribution in [3.05, 3.63) is 72.3 Å². The van der Waals surface area contributed by atoms with Crippen molar-refractivity contribution < 1.29 is 19.4 Å². The van der Waals surface area contributed by atoms with Gasteiger partial charge < -0.3 is 14.6 Å². The fourth-order valence-electron chi connectivity index (χ4n) is 2.47. The number of aliphatic hydroxyl groups is 1. The number of aryl methyl sites for hydroxylation is 1. The molecule has 0 bridgehead atoms. The number of carbonyl (C=O) groups is 1. The molecule has 2 aromatic rings. The van der Waals surface area contributed by atoms with Gasteiger partial charge in [-0.15, -0.1) is 0 Å². The lowest BCUT2D eigenvalue weighted by molar-refractivity contribution is -0.130. The van der Waals surface area contributed by atoms with E-state index < -0.39 is 12.3 Å². The third kappa shape index (κ3) is 5.56. The molecule has 0 fully saturated rings. The first kappa shape index (κ1) is 20.5. The summed E-state index contributed by atoms with van der Waals surface area (Å²) in [6.07, 6.45) is 0.771. The number of esters is 1. The number of benzene rings is 2. The highest BCUT2D eigenvalue weighted by Crippen LogP contribution is 2.30. The largest absolute Gasteiger partial charge is 0.461 e. The van der Waals surface area contributed by atoms with E-state index in [0.717, 1.165) is 29.5 Å². The van der Waals surface area contributed by atoms with Gasteiger partial charge >= 0.3 is 5.97 Å². The zero-order valence-electron chi connectivity index (χ0n) is 16.1. The highest BCUT2D eigenvalue weighted by Gasteiger charge is 2.12.